The summed E-state index contributed by atoms with van der Waals surface area (Å²) in [6.07, 6.45) is 8.26. The van der Waals surface area contributed by atoms with Gasteiger partial charge in [0.25, 0.3) is 0 Å². The highest BCUT2D eigenvalue weighted by Crippen LogP contribution is 2.13. The molecule has 76 valence electrons. The van der Waals surface area contributed by atoms with E-state index in [1.165, 1.54) is 0 Å². The van der Waals surface area contributed by atoms with Gasteiger partial charge in [-0.1, -0.05) is 26.0 Å². The Balaban J connectivity index is 2.44. The van der Waals surface area contributed by atoms with Crippen molar-refractivity contribution in [1.29, 1.82) is 0 Å². The van der Waals surface area contributed by atoms with Crippen LogP contribution in [0, 0.1) is 0 Å². The molecule has 2 nitrogen and oxygen atoms in total. The van der Waals surface area contributed by atoms with E-state index in [2.05, 4.69) is 31.3 Å². The minimum Gasteiger partial charge on any atom is -0.391 e. The van der Waals surface area contributed by atoms with E-state index in [1.807, 2.05) is 0 Å². The fourth-order valence-corrected chi connectivity index (χ4v) is 1.79. The number of aliphatic hydroxyl groups excluding tert-OH is 1. The molecule has 0 saturated heterocycles. The molecule has 0 aromatic carbocycles. The van der Waals surface area contributed by atoms with Crippen LogP contribution in [0.3, 0.4) is 0 Å². The molecule has 0 radical (unpaired) electrons. The van der Waals surface area contributed by atoms with Gasteiger partial charge in [0.05, 0.1) is 6.10 Å². The van der Waals surface area contributed by atoms with Crippen LogP contribution in [0.15, 0.2) is 12.2 Å². The van der Waals surface area contributed by atoms with Crippen molar-refractivity contribution in [3.05, 3.63) is 12.2 Å². The van der Waals surface area contributed by atoms with Crippen LogP contribution in [-0.4, -0.2) is 23.3 Å². The number of hydrogen-bond donors (Lipinski definition) is 2. The summed E-state index contributed by atoms with van der Waals surface area (Å²) in [6.45, 7) is 4.25. The van der Waals surface area contributed by atoms with Crippen molar-refractivity contribution in [2.75, 3.05) is 0 Å². The maximum absolute atomic E-state index is 9.83. The first-order valence-corrected chi connectivity index (χ1v) is 5.29. The number of allylic oxidation sites excluding steroid dienone is 2. The third-order valence-corrected chi connectivity index (χ3v) is 2.45. The van der Waals surface area contributed by atoms with Crippen LogP contribution in [0.5, 0.6) is 0 Å². The van der Waals surface area contributed by atoms with E-state index in [1.54, 1.807) is 0 Å². The molecule has 0 aliphatic heterocycles. The molecule has 2 N–H and O–H groups in total. The molecule has 0 spiro atoms. The average molecular weight is 183 g/mol. The quantitative estimate of drug-likeness (QED) is 0.640. The van der Waals surface area contributed by atoms with Gasteiger partial charge in [-0.15, -0.1) is 0 Å². The standard InChI is InChI=1S/C11H21NO/c1-9(2)12-10-7-5-3-4-6-8-11(10)13/h3-4,9-13H,5-8H2,1-2H3/t10-,11-/m0/s1. The van der Waals surface area contributed by atoms with Crippen LogP contribution in [0.2, 0.25) is 0 Å². The molecule has 0 unspecified atom stereocenters. The number of aliphatic hydroxyl groups is 1. The summed E-state index contributed by atoms with van der Waals surface area (Å²) in [4.78, 5) is 0. The first kappa shape index (κ1) is 10.7. The Bertz CT molecular complexity index is 165. The van der Waals surface area contributed by atoms with Gasteiger partial charge in [0.15, 0.2) is 0 Å². The average Bonchev–Trinajstić information content (AvgIpc) is 2.04. The van der Waals surface area contributed by atoms with Crippen molar-refractivity contribution >= 4 is 0 Å². The molecule has 0 bridgehead atoms. The van der Waals surface area contributed by atoms with E-state index in [-0.39, 0.29) is 12.1 Å². The van der Waals surface area contributed by atoms with Crippen molar-refractivity contribution in [3.63, 3.8) is 0 Å². The predicted molar refractivity (Wildman–Crippen MR) is 55.7 cm³/mol. The lowest BCUT2D eigenvalue weighted by molar-refractivity contribution is 0.109. The molecule has 1 rings (SSSR count). The highest BCUT2D eigenvalue weighted by Gasteiger charge is 2.19. The third-order valence-electron chi connectivity index (χ3n) is 2.45. The minimum atomic E-state index is -0.174. The van der Waals surface area contributed by atoms with Crippen molar-refractivity contribution in [2.45, 2.75) is 57.7 Å². The molecule has 0 aromatic rings. The largest absolute Gasteiger partial charge is 0.391 e. The van der Waals surface area contributed by atoms with E-state index in [0.717, 1.165) is 25.7 Å². The lowest BCUT2D eigenvalue weighted by Gasteiger charge is -2.26. The molecule has 0 aromatic heterocycles. The summed E-state index contributed by atoms with van der Waals surface area (Å²) in [7, 11) is 0. The first-order chi connectivity index (χ1) is 6.20. The van der Waals surface area contributed by atoms with Gasteiger partial charge in [0, 0.05) is 12.1 Å². The molecule has 0 heterocycles. The second-order valence-electron chi connectivity index (χ2n) is 4.12. The van der Waals surface area contributed by atoms with Crippen molar-refractivity contribution in [1.82, 2.24) is 5.32 Å². The van der Waals surface area contributed by atoms with Crippen LogP contribution in [0.4, 0.5) is 0 Å². The molecule has 1 aliphatic carbocycles. The molecule has 1 aliphatic rings. The summed E-state index contributed by atoms with van der Waals surface area (Å²) in [5.74, 6) is 0. The second kappa shape index (κ2) is 5.40. The van der Waals surface area contributed by atoms with E-state index >= 15 is 0 Å². The van der Waals surface area contributed by atoms with Gasteiger partial charge >= 0.3 is 0 Å². The Morgan fingerprint density at radius 1 is 1.23 bits per heavy atom. The Labute approximate surface area is 81.0 Å². The Kier molecular flexibility index (Phi) is 4.46. The molecular formula is C11H21NO. The van der Waals surface area contributed by atoms with Gasteiger partial charge in [-0.05, 0) is 25.7 Å². The number of rotatable bonds is 2. The molecule has 0 fully saturated rings. The zero-order valence-corrected chi connectivity index (χ0v) is 8.66. The zero-order chi connectivity index (χ0) is 9.68. The van der Waals surface area contributed by atoms with E-state index in [9.17, 15) is 5.11 Å². The predicted octanol–water partition coefficient (Wildman–Crippen LogP) is 1.84. The maximum atomic E-state index is 9.83. The lowest BCUT2D eigenvalue weighted by atomic mass is 9.97. The Hall–Kier alpha value is -0.340. The Morgan fingerprint density at radius 3 is 2.46 bits per heavy atom. The van der Waals surface area contributed by atoms with E-state index in [0.29, 0.717) is 6.04 Å². The fraction of sp³-hybridized carbons (Fsp3) is 0.818. The molecule has 0 amide bonds. The van der Waals surface area contributed by atoms with Gasteiger partial charge < -0.3 is 10.4 Å². The smallest absolute Gasteiger partial charge is 0.0696 e. The molecule has 2 heteroatoms. The third kappa shape index (κ3) is 3.92. The van der Waals surface area contributed by atoms with E-state index < -0.39 is 0 Å². The summed E-state index contributed by atoms with van der Waals surface area (Å²) >= 11 is 0. The summed E-state index contributed by atoms with van der Waals surface area (Å²) in [5, 5.41) is 13.2. The van der Waals surface area contributed by atoms with Gasteiger partial charge in [0.1, 0.15) is 0 Å². The van der Waals surface area contributed by atoms with Crippen LogP contribution < -0.4 is 5.32 Å². The SMILES string of the molecule is CC(C)N[C@H]1CCC=CCC[C@@H]1O. The van der Waals surface area contributed by atoms with Crippen LogP contribution in [0.25, 0.3) is 0 Å². The minimum absolute atomic E-state index is 0.174. The normalized spacial score (nSPS) is 30.2. The van der Waals surface area contributed by atoms with Crippen LogP contribution in [0.1, 0.15) is 39.5 Å². The summed E-state index contributed by atoms with van der Waals surface area (Å²) < 4.78 is 0. The molecule has 0 saturated carbocycles. The lowest BCUT2D eigenvalue weighted by Crippen LogP contribution is -2.43. The highest BCUT2D eigenvalue weighted by molar-refractivity contribution is 4.90. The van der Waals surface area contributed by atoms with Gasteiger partial charge in [-0.3, -0.25) is 0 Å². The van der Waals surface area contributed by atoms with Gasteiger partial charge in [0.2, 0.25) is 0 Å². The van der Waals surface area contributed by atoms with Gasteiger partial charge in [-0.2, -0.15) is 0 Å². The second-order valence-corrected chi connectivity index (χ2v) is 4.12. The van der Waals surface area contributed by atoms with Crippen LogP contribution >= 0.6 is 0 Å². The number of nitrogens with one attached hydrogen (secondary N) is 1. The summed E-state index contributed by atoms with van der Waals surface area (Å²) in [6, 6.07) is 0.744. The monoisotopic (exact) mass is 183 g/mol. The molecular weight excluding hydrogens is 162 g/mol. The highest BCUT2D eigenvalue weighted by atomic mass is 16.3. The maximum Gasteiger partial charge on any atom is 0.0696 e. The molecule has 13 heavy (non-hydrogen) atoms. The van der Waals surface area contributed by atoms with Crippen LogP contribution in [-0.2, 0) is 0 Å². The first-order valence-electron chi connectivity index (χ1n) is 5.29. The fourth-order valence-electron chi connectivity index (χ4n) is 1.79. The zero-order valence-electron chi connectivity index (χ0n) is 8.66. The van der Waals surface area contributed by atoms with E-state index in [4.69, 9.17) is 0 Å². The van der Waals surface area contributed by atoms with Crippen molar-refractivity contribution in [2.24, 2.45) is 0 Å². The summed E-state index contributed by atoms with van der Waals surface area (Å²) in [5.41, 5.74) is 0. The Morgan fingerprint density at radius 2 is 1.85 bits per heavy atom. The topological polar surface area (TPSA) is 32.3 Å². The van der Waals surface area contributed by atoms with Gasteiger partial charge in [-0.25, -0.2) is 0 Å². The number of hydrogen-bond acceptors (Lipinski definition) is 2. The van der Waals surface area contributed by atoms with Crippen molar-refractivity contribution < 1.29 is 5.11 Å². The van der Waals surface area contributed by atoms with Crippen molar-refractivity contribution in [3.8, 4) is 0 Å². The molecule has 2 atom stereocenters.